The van der Waals surface area contributed by atoms with E-state index in [0.29, 0.717) is 49.2 Å². The van der Waals surface area contributed by atoms with Crippen LogP contribution >= 0.6 is 22.6 Å². The van der Waals surface area contributed by atoms with E-state index in [1.54, 1.807) is 12.1 Å². The van der Waals surface area contributed by atoms with Crippen LogP contribution < -0.4 is 10.6 Å². The molecule has 0 radical (unpaired) electrons. The fourth-order valence-corrected chi connectivity index (χ4v) is 4.63. The smallest absolute Gasteiger partial charge is 0.231 e. The molecule has 0 aliphatic carbocycles. The molecule has 1 amide bonds. The summed E-state index contributed by atoms with van der Waals surface area (Å²) < 4.78 is 49.1. The molecule has 5 nitrogen and oxygen atoms in total. The lowest BCUT2D eigenvalue weighted by Gasteiger charge is -2.18. The van der Waals surface area contributed by atoms with Crippen LogP contribution in [0.2, 0.25) is 0 Å². The summed E-state index contributed by atoms with van der Waals surface area (Å²) in [4.78, 5) is 18.4. The van der Waals surface area contributed by atoms with Gasteiger partial charge in [-0.15, -0.1) is 0 Å². The summed E-state index contributed by atoms with van der Waals surface area (Å²) >= 11 is 2.02. The summed E-state index contributed by atoms with van der Waals surface area (Å²) in [6, 6.07) is 6.20. The molecular formula is C23H15F3IN3O2. The minimum atomic E-state index is -0.658. The van der Waals surface area contributed by atoms with E-state index in [2.05, 4.69) is 4.98 Å². The highest BCUT2D eigenvalue weighted by Crippen LogP contribution is 2.41. The van der Waals surface area contributed by atoms with Crippen LogP contribution in [0.3, 0.4) is 0 Å². The average Bonchev–Trinajstić information content (AvgIpc) is 3.40. The number of carbonyl (C=O) groups is 1. The highest BCUT2D eigenvalue weighted by atomic mass is 127. The lowest BCUT2D eigenvalue weighted by atomic mass is 10.00. The van der Waals surface area contributed by atoms with Gasteiger partial charge in [-0.05, 0) is 59.3 Å². The summed E-state index contributed by atoms with van der Waals surface area (Å²) in [6.45, 7) is 0.252. The molecular weight excluding hydrogens is 534 g/mol. The molecule has 2 aromatic heterocycles. The summed E-state index contributed by atoms with van der Waals surface area (Å²) in [5.41, 5.74) is 8.50. The van der Waals surface area contributed by atoms with Crippen LogP contribution in [0.15, 0.2) is 47.2 Å². The Bertz CT molecular complexity index is 1400. The maximum absolute atomic E-state index is 15.5. The van der Waals surface area contributed by atoms with Gasteiger partial charge in [-0.1, -0.05) is 0 Å². The van der Waals surface area contributed by atoms with Gasteiger partial charge in [0.15, 0.2) is 5.58 Å². The second-order valence-corrected chi connectivity index (χ2v) is 8.51. The van der Waals surface area contributed by atoms with Gasteiger partial charge in [0.2, 0.25) is 5.91 Å². The summed E-state index contributed by atoms with van der Waals surface area (Å²) in [7, 11) is 0. The number of amides is 1. The Hall–Kier alpha value is -3.08. The number of furan rings is 1. The van der Waals surface area contributed by atoms with E-state index in [9.17, 15) is 13.6 Å². The predicted molar refractivity (Wildman–Crippen MR) is 123 cm³/mol. The number of halogens is 4. The Balaban J connectivity index is 1.51. The molecule has 0 saturated carbocycles. The van der Waals surface area contributed by atoms with Crippen LogP contribution in [-0.4, -0.2) is 17.4 Å². The third-order valence-corrected chi connectivity index (χ3v) is 6.39. The van der Waals surface area contributed by atoms with Crippen LogP contribution in [-0.2, 0) is 17.6 Å². The Labute approximate surface area is 194 Å². The number of carbonyl (C=O) groups excluding carboxylic acids is 1. The Morgan fingerprint density at radius 1 is 1.19 bits per heavy atom. The van der Waals surface area contributed by atoms with Crippen LogP contribution in [0.25, 0.3) is 22.1 Å². The van der Waals surface area contributed by atoms with Crippen molar-refractivity contribution in [3.05, 3.63) is 75.1 Å². The van der Waals surface area contributed by atoms with Gasteiger partial charge >= 0.3 is 0 Å². The molecule has 162 valence electrons. The SMILES string of the molecule is Nc1cnc(I)c2occ(-c3ccc4c(c3F)CCN4C(=O)Cc3cc(F)ccc3F)c12. The third-order valence-electron chi connectivity index (χ3n) is 5.62. The molecule has 0 atom stereocenters. The van der Waals surface area contributed by atoms with Crippen LogP contribution in [0.5, 0.6) is 0 Å². The van der Waals surface area contributed by atoms with Gasteiger partial charge in [-0.3, -0.25) is 4.79 Å². The first-order valence-electron chi connectivity index (χ1n) is 9.72. The molecule has 0 unspecified atom stereocenters. The van der Waals surface area contributed by atoms with Crippen molar-refractivity contribution in [3.8, 4) is 11.1 Å². The van der Waals surface area contributed by atoms with Gasteiger partial charge in [0.05, 0.1) is 30.0 Å². The second-order valence-electron chi connectivity index (χ2n) is 7.49. The quantitative estimate of drug-likeness (QED) is 0.281. The normalized spacial score (nSPS) is 13.1. The second kappa shape index (κ2) is 7.80. The molecule has 0 saturated heterocycles. The van der Waals surface area contributed by atoms with Gasteiger partial charge in [0, 0.05) is 34.5 Å². The number of fused-ring (bicyclic) bond motifs is 2. The van der Waals surface area contributed by atoms with Gasteiger partial charge in [0.25, 0.3) is 0 Å². The van der Waals surface area contributed by atoms with Crippen molar-refractivity contribution in [3.63, 3.8) is 0 Å². The fraction of sp³-hybridized carbons (Fsp3) is 0.130. The standard InChI is InChI=1S/C23H15F3IN3O2/c24-12-1-3-16(25)11(7-12)8-19(31)30-6-5-14-18(30)4-2-13(21(14)26)15-10-32-22-20(15)17(28)9-29-23(22)27/h1-4,7,9-10H,5-6,8,28H2. The van der Waals surface area contributed by atoms with E-state index >= 15 is 4.39 Å². The fourth-order valence-electron chi connectivity index (χ4n) is 4.09. The van der Waals surface area contributed by atoms with Crippen LogP contribution in [0.4, 0.5) is 24.5 Å². The molecule has 5 rings (SSSR count). The van der Waals surface area contributed by atoms with Crippen molar-refractivity contribution in [2.75, 3.05) is 17.2 Å². The number of hydrogen-bond acceptors (Lipinski definition) is 4. The van der Waals surface area contributed by atoms with Crippen molar-refractivity contribution in [2.45, 2.75) is 12.8 Å². The molecule has 9 heteroatoms. The minimum absolute atomic E-state index is 0.0379. The van der Waals surface area contributed by atoms with Crippen LogP contribution in [0.1, 0.15) is 11.1 Å². The van der Waals surface area contributed by atoms with Crippen molar-refractivity contribution in [2.24, 2.45) is 0 Å². The maximum Gasteiger partial charge on any atom is 0.231 e. The van der Waals surface area contributed by atoms with Gasteiger partial charge < -0.3 is 15.1 Å². The molecule has 0 spiro atoms. The first-order valence-corrected chi connectivity index (χ1v) is 10.8. The Morgan fingerprint density at radius 2 is 2.00 bits per heavy atom. The summed E-state index contributed by atoms with van der Waals surface area (Å²) in [6.07, 6.45) is 2.93. The van der Waals surface area contributed by atoms with E-state index in [1.165, 1.54) is 17.4 Å². The Kier molecular flexibility index (Phi) is 5.07. The number of aromatic nitrogens is 1. The van der Waals surface area contributed by atoms with E-state index < -0.39 is 23.4 Å². The highest BCUT2D eigenvalue weighted by molar-refractivity contribution is 14.1. The Morgan fingerprint density at radius 3 is 2.81 bits per heavy atom. The summed E-state index contributed by atoms with van der Waals surface area (Å²) in [5, 5.41) is 0.579. The van der Waals surface area contributed by atoms with E-state index in [0.717, 1.165) is 18.2 Å². The molecule has 1 aliphatic heterocycles. The number of nitrogens with two attached hydrogens (primary N) is 1. The number of nitrogens with zero attached hydrogens (tertiary/aromatic N) is 2. The maximum atomic E-state index is 15.5. The van der Waals surface area contributed by atoms with Gasteiger partial charge in [0.1, 0.15) is 21.2 Å². The zero-order valence-corrected chi connectivity index (χ0v) is 18.6. The molecule has 0 fully saturated rings. The number of anilines is 2. The molecule has 2 N–H and O–H groups in total. The van der Waals surface area contributed by atoms with Gasteiger partial charge in [-0.2, -0.15) is 0 Å². The molecule has 2 aromatic carbocycles. The van der Waals surface area contributed by atoms with Crippen molar-refractivity contribution < 1.29 is 22.4 Å². The monoisotopic (exact) mass is 549 g/mol. The number of benzene rings is 2. The zero-order valence-electron chi connectivity index (χ0n) is 16.5. The van der Waals surface area contributed by atoms with Gasteiger partial charge in [-0.25, -0.2) is 18.2 Å². The lowest BCUT2D eigenvalue weighted by molar-refractivity contribution is -0.117. The minimum Gasteiger partial charge on any atom is -0.461 e. The molecule has 32 heavy (non-hydrogen) atoms. The van der Waals surface area contributed by atoms with Crippen molar-refractivity contribution in [1.29, 1.82) is 0 Å². The molecule has 0 bridgehead atoms. The number of pyridine rings is 1. The highest BCUT2D eigenvalue weighted by Gasteiger charge is 2.30. The van der Waals surface area contributed by atoms with E-state index in [1.807, 2.05) is 22.6 Å². The largest absolute Gasteiger partial charge is 0.461 e. The average molecular weight is 549 g/mol. The molecule has 4 aromatic rings. The summed E-state index contributed by atoms with van der Waals surface area (Å²) in [5.74, 6) is -2.18. The van der Waals surface area contributed by atoms with E-state index in [-0.39, 0.29) is 18.5 Å². The van der Waals surface area contributed by atoms with Crippen molar-refractivity contribution >= 4 is 50.8 Å². The number of rotatable bonds is 3. The topological polar surface area (TPSA) is 72.4 Å². The predicted octanol–water partition coefficient (Wildman–Crippen LogP) is 5.23. The molecule has 1 aliphatic rings. The van der Waals surface area contributed by atoms with E-state index in [4.69, 9.17) is 10.2 Å². The third kappa shape index (κ3) is 3.31. The first-order chi connectivity index (χ1) is 15.3. The van der Waals surface area contributed by atoms with Crippen molar-refractivity contribution in [1.82, 2.24) is 4.98 Å². The molecule has 3 heterocycles. The number of hydrogen-bond donors (Lipinski definition) is 1. The number of nitrogen functional groups attached to an aromatic ring is 1. The zero-order chi connectivity index (χ0) is 22.6. The van der Waals surface area contributed by atoms with Crippen LogP contribution in [0, 0.1) is 21.2 Å². The lowest BCUT2D eigenvalue weighted by Crippen LogP contribution is -2.30. The first kappa shape index (κ1) is 20.8.